The molecule has 1 aliphatic carbocycles. The van der Waals surface area contributed by atoms with Gasteiger partial charge in [0.2, 0.25) is 0 Å². The normalized spacial score (nSPS) is 14.1. The van der Waals surface area contributed by atoms with Crippen LogP contribution in [0.25, 0.3) is 84.3 Å². The largest absolute Gasteiger partial charge is 0.456 e. The maximum absolute atomic E-state index is 7.16. The Hall–Kier alpha value is -7.04. The zero-order valence-electron chi connectivity index (χ0n) is 30.5. The summed E-state index contributed by atoms with van der Waals surface area (Å²) in [5, 5.41) is 2.30. The van der Waals surface area contributed by atoms with Gasteiger partial charge in [0.15, 0.2) is 0 Å². The lowest BCUT2D eigenvalue weighted by Crippen LogP contribution is -2.15. The molecule has 11 rings (SSSR count). The third kappa shape index (κ3) is 4.85. The molecule has 9 aromatic rings. The van der Waals surface area contributed by atoms with Gasteiger partial charge < -0.3 is 4.74 Å². The van der Waals surface area contributed by atoms with Crippen LogP contribution in [0.5, 0.6) is 11.5 Å². The molecule has 1 aliphatic heterocycles. The Labute approximate surface area is 319 Å². The predicted molar refractivity (Wildman–Crippen MR) is 226 cm³/mol. The molecule has 6 aromatic carbocycles. The number of rotatable bonds is 2. The number of para-hydroxylation sites is 1. The Kier molecular flexibility index (Phi) is 6.86. The molecule has 0 unspecified atom stereocenters. The topological polar surface area (TPSA) is 39.9 Å². The second-order valence-electron chi connectivity index (χ2n) is 15.0. The van der Waals surface area contributed by atoms with E-state index in [0.717, 1.165) is 83.6 Å². The van der Waals surface area contributed by atoms with Crippen molar-refractivity contribution in [1.29, 1.82) is 0 Å². The van der Waals surface area contributed by atoms with E-state index in [0.29, 0.717) is 0 Å². The third-order valence-electron chi connectivity index (χ3n) is 11.6. The average molecular weight is 706 g/mol. The Morgan fingerprint density at radius 1 is 0.491 bits per heavy atom. The summed E-state index contributed by atoms with van der Waals surface area (Å²) in [7, 11) is 0. The molecule has 0 N–H and O–H groups in total. The highest BCUT2D eigenvalue weighted by Gasteiger charge is 2.37. The smallest absolute Gasteiger partial charge is 0.137 e. The first-order chi connectivity index (χ1) is 27.0. The SMILES string of the molecule is CC1(C)c2ccccc2-c2cc3c(cc21)Oc1ccccc1-c1ccccc1/C=C\c1ccc(-c2ccc4c(c2)c2ccncc2n4-c2ccccn2)cc1-3. The van der Waals surface area contributed by atoms with Crippen LogP contribution in [-0.2, 0) is 5.41 Å². The van der Waals surface area contributed by atoms with Crippen LogP contribution in [0, 0.1) is 0 Å². The molecule has 4 nitrogen and oxygen atoms in total. The molecule has 0 bridgehead atoms. The molecule has 0 radical (unpaired) electrons. The lowest BCUT2D eigenvalue weighted by molar-refractivity contribution is 0.484. The number of pyridine rings is 2. The molecule has 0 fully saturated rings. The molecule has 0 saturated carbocycles. The van der Waals surface area contributed by atoms with Crippen LogP contribution in [0.15, 0.2) is 164 Å². The lowest BCUT2D eigenvalue weighted by atomic mass is 9.81. The molecular formula is C51H35N3O. The summed E-state index contributed by atoms with van der Waals surface area (Å²) in [4.78, 5) is 9.19. The van der Waals surface area contributed by atoms with Gasteiger partial charge in [-0.1, -0.05) is 117 Å². The van der Waals surface area contributed by atoms with Crippen molar-refractivity contribution in [3.8, 4) is 61.8 Å². The van der Waals surface area contributed by atoms with E-state index in [4.69, 9.17) is 9.72 Å². The standard InChI is InChI=1S/C51H35N3O/c1-51(2)44-15-7-5-13-37(44)41-29-43-40-27-34(35-22-23-46-42(28-35)38-24-26-52-31-47(38)54(46)50-17-9-10-25-53-50)21-20-33(40)19-18-32-11-3-4-12-36(32)39-14-6-8-16-48(39)55-49(43)30-45(41)51/h3-31H,1-2H3/b19-18-. The summed E-state index contributed by atoms with van der Waals surface area (Å²) in [5.41, 5.74) is 16.0. The zero-order valence-corrected chi connectivity index (χ0v) is 30.5. The predicted octanol–water partition coefficient (Wildman–Crippen LogP) is 13.2. The molecule has 55 heavy (non-hydrogen) atoms. The highest BCUT2D eigenvalue weighted by molar-refractivity contribution is 6.10. The molecular weight excluding hydrogens is 671 g/mol. The van der Waals surface area contributed by atoms with Crippen LogP contribution in [0.4, 0.5) is 0 Å². The van der Waals surface area contributed by atoms with E-state index in [1.165, 1.54) is 22.3 Å². The van der Waals surface area contributed by atoms with Gasteiger partial charge in [0, 0.05) is 39.7 Å². The van der Waals surface area contributed by atoms with Gasteiger partial charge in [-0.3, -0.25) is 9.55 Å². The molecule has 0 atom stereocenters. The van der Waals surface area contributed by atoms with Gasteiger partial charge >= 0.3 is 0 Å². The fourth-order valence-electron chi connectivity index (χ4n) is 8.88. The number of ether oxygens (including phenoxy) is 1. The molecule has 260 valence electrons. The highest BCUT2D eigenvalue weighted by Crippen LogP contribution is 2.53. The van der Waals surface area contributed by atoms with Crippen LogP contribution in [0.1, 0.15) is 36.1 Å². The zero-order chi connectivity index (χ0) is 36.7. The van der Waals surface area contributed by atoms with Crippen LogP contribution in [0.2, 0.25) is 0 Å². The minimum absolute atomic E-state index is 0.174. The quantitative estimate of drug-likeness (QED) is 0.180. The first kappa shape index (κ1) is 31.5. The Bertz CT molecular complexity index is 3040. The summed E-state index contributed by atoms with van der Waals surface area (Å²) in [6.45, 7) is 4.65. The number of hydrogen-bond donors (Lipinski definition) is 0. The van der Waals surface area contributed by atoms with Crippen LogP contribution >= 0.6 is 0 Å². The molecule has 0 spiro atoms. The van der Waals surface area contributed by atoms with Crippen LogP contribution < -0.4 is 4.74 Å². The van der Waals surface area contributed by atoms with E-state index in [-0.39, 0.29) is 5.41 Å². The number of aromatic nitrogens is 3. The van der Waals surface area contributed by atoms with E-state index in [1.807, 2.05) is 36.8 Å². The number of nitrogens with zero attached hydrogens (tertiary/aromatic N) is 3. The van der Waals surface area contributed by atoms with Gasteiger partial charge in [-0.05, 0) is 110 Å². The number of fused-ring (bicyclic) bond motifs is 12. The second-order valence-corrected chi connectivity index (χ2v) is 15.0. The molecule has 4 heterocycles. The van der Waals surface area contributed by atoms with E-state index in [1.54, 1.807) is 0 Å². The Morgan fingerprint density at radius 2 is 1.24 bits per heavy atom. The van der Waals surface area contributed by atoms with Crippen molar-refractivity contribution in [3.63, 3.8) is 0 Å². The maximum atomic E-state index is 7.16. The molecule has 2 aliphatic rings. The van der Waals surface area contributed by atoms with Gasteiger partial charge in [0.05, 0.1) is 17.2 Å². The molecule has 0 amide bonds. The maximum Gasteiger partial charge on any atom is 0.137 e. The van der Waals surface area contributed by atoms with E-state index >= 15 is 0 Å². The third-order valence-corrected chi connectivity index (χ3v) is 11.6. The summed E-state index contributed by atoms with van der Waals surface area (Å²) < 4.78 is 9.36. The van der Waals surface area contributed by atoms with Crippen molar-refractivity contribution in [2.45, 2.75) is 19.3 Å². The monoisotopic (exact) mass is 705 g/mol. The fourth-order valence-corrected chi connectivity index (χ4v) is 8.88. The molecule has 0 saturated heterocycles. The average Bonchev–Trinajstić information content (AvgIpc) is 3.67. The van der Waals surface area contributed by atoms with Crippen LogP contribution in [-0.4, -0.2) is 14.5 Å². The van der Waals surface area contributed by atoms with E-state index in [2.05, 4.69) is 163 Å². The van der Waals surface area contributed by atoms with Crippen molar-refractivity contribution in [3.05, 3.63) is 186 Å². The number of benzene rings is 6. The van der Waals surface area contributed by atoms with Gasteiger partial charge in [0.1, 0.15) is 17.3 Å². The molecule has 3 aromatic heterocycles. The van der Waals surface area contributed by atoms with Gasteiger partial charge in [-0.25, -0.2) is 4.98 Å². The first-order valence-corrected chi connectivity index (χ1v) is 18.8. The van der Waals surface area contributed by atoms with Gasteiger partial charge in [0.25, 0.3) is 0 Å². The lowest BCUT2D eigenvalue weighted by Gasteiger charge is -2.23. The second kappa shape index (κ2) is 12.0. The number of hydrogen-bond acceptors (Lipinski definition) is 3. The minimum Gasteiger partial charge on any atom is -0.456 e. The van der Waals surface area contributed by atoms with Gasteiger partial charge in [-0.2, -0.15) is 0 Å². The van der Waals surface area contributed by atoms with Crippen molar-refractivity contribution in [1.82, 2.24) is 14.5 Å². The summed E-state index contributed by atoms with van der Waals surface area (Å²) >= 11 is 0. The van der Waals surface area contributed by atoms with E-state index < -0.39 is 0 Å². The fraction of sp³-hybridized carbons (Fsp3) is 0.0588. The van der Waals surface area contributed by atoms with Crippen molar-refractivity contribution < 1.29 is 4.74 Å². The highest BCUT2D eigenvalue weighted by atomic mass is 16.5. The van der Waals surface area contributed by atoms with Crippen molar-refractivity contribution in [2.24, 2.45) is 0 Å². The van der Waals surface area contributed by atoms with Crippen LogP contribution in [0.3, 0.4) is 0 Å². The first-order valence-electron chi connectivity index (χ1n) is 18.8. The molecule has 4 heteroatoms. The Morgan fingerprint density at radius 3 is 2.11 bits per heavy atom. The van der Waals surface area contributed by atoms with Crippen molar-refractivity contribution in [2.75, 3.05) is 0 Å². The summed E-state index contributed by atoms with van der Waals surface area (Å²) in [6, 6.07) is 52.2. The van der Waals surface area contributed by atoms with Gasteiger partial charge in [-0.15, -0.1) is 0 Å². The summed E-state index contributed by atoms with van der Waals surface area (Å²) in [5.74, 6) is 2.55. The minimum atomic E-state index is -0.174. The summed E-state index contributed by atoms with van der Waals surface area (Å²) in [6.07, 6.45) is 10.1. The Balaban J connectivity index is 1.17. The van der Waals surface area contributed by atoms with E-state index in [9.17, 15) is 0 Å². The van der Waals surface area contributed by atoms with Crippen molar-refractivity contribution >= 4 is 34.0 Å².